The van der Waals surface area contributed by atoms with Gasteiger partial charge in [-0.2, -0.15) is 0 Å². The molecule has 3 heterocycles. The van der Waals surface area contributed by atoms with Crippen LogP contribution in [0.25, 0.3) is 27.9 Å². The number of nitrogen functional groups attached to an aromatic ring is 2. The summed E-state index contributed by atoms with van der Waals surface area (Å²) in [5.41, 5.74) is 15.8. The van der Waals surface area contributed by atoms with Gasteiger partial charge in [-0.3, -0.25) is 4.40 Å². The van der Waals surface area contributed by atoms with Crippen LogP contribution in [0, 0.1) is 6.92 Å². The molecular weight excluding hydrogens is 408 g/mol. The van der Waals surface area contributed by atoms with Gasteiger partial charge in [-0.1, -0.05) is 0 Å². The zero-order valence-electron chi connectivity index (χ0n) is 17.5. The number of rotatable bonds is 5. The summed E-state index contributed by atoms with van der Waals surface area (Å²) < 4.78 is 13.2. The lowest BCUT2D eigenvalue weighted by Gasteiger charge is -2.12. The number of nitrogens with two attached hydrogens (primary N) is 2. The Morgan fingerprint density at radius 2 is 1.88 bits per heavy atom. The van der Waals surface area contributed by atoms with E-state index in [1.165, 1.54) is 0 Å². The average Bonchev–Trinajstić information content (AvgIpc) is 3.24. The second-order valence-corrected chi connectivity index (χ2v) is 7.18. The van der Waals surface area contributed by atoms with E-state index in [2.05, 4.69) is 25.1 Å². The van der Waals surface area contributed by atoms with Crippen LogP contribution in [0.5, 0.6) is 17.4 Å². The van der Waals surface area contributed by atoms with Crippen molar-refractivity contribution in [3.63, 3.8) is 0 Å². The quantitative estimate of drug-likeness (QED) is 0.403. The van der Waals surface area contributed by atoms with Gasteiger partial charge in [-0.05, 0) is 43.7 Å². The van der Waals surface area contributed by atoms with Crippen LogP contribution < -0.4 is 20.9 Å². The molecule has 0 unspecified atom stereocenters. The molecule has 0 aliphatic heterocycles. The highest BCUT2D eigenvalue weighted by Gasteiger charge is 2.13. The van der Waals surface area contributed by atoms with Crippen molar-refractivity contribution >= 4 is 28.1 Å². The van der Waals surface area contributed by atoms with Crippen molar-refractivity contribution in [3.05, 3.63) is 54.6 Å². The highest BCUT2D eigenvalue weighted by Crippen LogP contribution is 2.33. The molecule has 0 saturated carbocycles. The largest absolute Gasteiger partial charge is 0.492 e. The van der Waals surface area contributed by atoms with E-state index >= 15 is 0 Å². The first-order chi connectivity index (χ1) is 15.5. The minimum absolute atomic E-state index is 0.350. The van der Waals surface area contributed by atoms with Gasteiger partial charge >= 0.3 is 0 Å². The van der Waals surface area contributed by atoms with Crippen molar-refractivity contribution in [2.24, 2.45) is 0 Å². The maximum atomic E-state index is 6.20. The predicted octanol–water partition coefficient (Wildman–Crippen LogP) is 3.40. The third-order valence-electron chi connectivity index (χ3n) is 4.97. The number of hydrogen-bond acceptors (Lipinski definition) is 9. The third kappa shape index (κ3) is 3.47. The van der Waals surface area contributed by atoms with Crippen LogP contribution in [-0.4, -0.2) is 36.2 Å². The third-order valence-corrected chi connectivity index (χ3v) is 4.97. The molecule has 10 nitrogen and oxygen atoms in total. The number of benzene rings is 2. The molecule has 0 bridgehead atoms. The number of ether oxygens (including phenoxy) is 2. The first-order valence-corrected chi connectivity index (χ1v) is 9.95. The Bertz CT molecular complexity index is 1460. The number of aromatic nitrogens is 6. The fraction of sp³-hybridized carbons (Fsp3) is 0.136. The van der Waals surface area contributed by atoms with E-state index in [1.807, 2.05) is 32.0 Å². The number of hydrogen-bond donors (Lipinski definition) is 2. The number of nitrogens with zero attached hydrogens (tertiary/aromatic N) is 6. The molecule has 0 radical (unpaired) electrons. The SMILES string of the molecule is CCOc1cc2nc(-c3ccc(Oc4cc5nncn5cn4)c(C)c3)nc(N)c2cc1N. The molecule has 0 atom stereocenters. The van der Waals surface area contributed by atoms with E-state index in [4.69, 9.17) is 20.9 Å². The first-order valence-electron chi connectivity index (χ1n) is 9.95. The molecule has 0 amide bonds. The van der Waals surface area contributed by atoms with Gasteiger partial charge in [0.05, 0.1) is 17.8 Å². The van der Waals surface area contributed by atoms with Gasteiger partial charge in [0.15, 0.2) is 11.5 Å². The summed E-state index contributed by atoms with van der Waals surface area (Å²) in [5, 5.41) is 8.52. The van der Waals surface area contributed by atoms with Crippen molar-refractivity contribution in [1.29, 1.82) is 0 Å². The topological polar surface area (TPSA) is 139 Å². The Hall–Kier alpha value is -4.47. The molecule has 5 rings (SSSR count). The molecule has 0 spiro atoms. The summed E-state index contributed by atoms with van der Waals surface area (Å²) in [6.45, 7) is 4.34. The lowest BCUT2D eigenvalue weighted by molar-refractivity contribution is 0.342. The van der Waals surface area contributed by atoms with Gasteiger partial charge in [0, 0.05) is 23.1 Å². The van der Waals surface area contributed by atoms with Crippen molar-refractivity contribution in [2.75, 3.05) is 18.1 Å². The van der Waals surface area contributed by atoms with E-state index in [0.29, 0.717) is 57.9 Å². The summed E-state index contributed by atoms with van der Waals surface area (Å²) in [6, 6.07) is 10.9. The maximum absolute atomic E-state index is 6.20. The molecule has 2 aromatic carbocycles. The standard InChI is InChI=1S/C22H20N8O2/c1-3-31-18-8-16-14(7-15(18)23)21(24)28-22(27-16)13-4-5-17(12(2)6-13)32-20-9-19-29-26-11-30(19)10-25-20/h4-11H,3,23H2,1-2H3,(H2,24,27,28). The molecule has 10 heteroatoms. The molecule has 0 saturated heterocycles. The molecule has 0 aliphatic rings. The van der Waals surface area contributed by atoms with Crippen molar-refractivity contribution in [2.45, 2.75) is 13.8 Å². The zero-order valence-corrected chi connectivity index (χ0v) is 17.5. The smallest absolute Gasteiger partial charge is 0.224 e. The van der Waals surface area contributed by atoms with Crippen LogP contribution in [0.1, 0.15) is 12.5 Å². The highest BCUT2D eigenvalue weighted by atomic mass is 16.5. The van der Waals surface area contributed by atoms with Crippen LogP contribution in [-0.2, 0) is 0 Å². The fourth-order valence-electron chi connectivity index (χ4n) is 3.39. The van der Waals surface area contributed by atoms with Crippen LogP contribution in [0.3, 0.4) is 0 Å². The van der Waals surface area contributed by atoms with Gasteiger partial charge in [0.2, 0.25) is 5.88 Å². The lowest BCUT2D eigenvalue weighted by atomic mass is 10.1. The first kappa shape index (κ1) is 19.5. The Balaban J connectivity index is 1.49. The summed E-state index contributed by atoms with van der Waals surface area (Å²) in [6.07, 6.45) is 3.18. The van der Waals surface area contributed by atoms with Gasteiger partial charge in [-0.15, -0.1) is 10.2 Å². The normalized spacial score (nSPS) is 11.2. The fourth-order valence-corrected chi connectivity index (χ4v) is 3.39. The molecular formula is C22H20N8O2. The maximum Gasteiger partial charge on any atom is 0.224 e. The number of aryl methyl sites for hydroxylation is 1. The number of fused-ring (bicyclic) bond motifs is 2. The molecule has 0 aliphatic carbocycles. The highest BCUT2D eigenvalue weighted by molar-refractivity contribution is 5.93. The van der Waals surface area contributed by atoms with E-state index in [9.17, 15) is 0 Å². The van der Waals surface area contributed by atoms with Crippen LogP contribution in [0.15, 0.2) is 49.1 Å². The van der Waals surface area contributed by atoms with Crippen molar-refractivity contribution in [1.82, 2.24) is 29.5 Å². The molecule has 4 N–H and O–H groups in total. The Morgan fingerprint density at radius 3 is 2.69 bits per heavy atom. The van der Waals surface area contributed by atoms with Crippen LogP contribution in [0.4, 0.5) is 11.5 Å². The second-order valence-electron chi connectivity index (χ2n) is 7.18. The minimum Gasteiger partial charge on any atom is -0.492 e. The van der Waals surface area contributed by atoms with E-state index in [-0.39, 0.29) is 0 Å². The van der Waals surface area contributed by atoms with E-state index in [0.717, 1.165) is 11.1 Å². The molecule has 160 valence electrons. The monoisotopic (exact) mass is 428 g/mol. The molecule has 32 heavy (non-hydrogen) atoms. The van der Waals surface area contributed by atoms with E-state index < -0.39 is 0 Å². The molecule has 5 aromatic rings. The Kier molecular flexibility index (Phi) is 4.66. The second kappa shape index (κ2) is 7.65. The minimum atomic E-state index is 0.350. The van der Waals surface area contributed by atoms with Gasteiger partial charge in [0.25, 0.3) is 0 Å². The number of anilines is 2. The lowest BCUT2D eigenvalue weighted by Crippen LogP contribution is -2.02. The molecule has 3 aromatic heterocycles. The summed E-state index contributed by atoms with van der Waals surface area (Å²) in [5.74, 6) is 2.50. The van der Waals surface area contributed by atoms with E-state index in [1.54, 1.807) is 35.3 Å². The van der Waals surface area contributed by atoms with Gasteiger partial charge in [-0.25, -0.2) is 15.0 Å². The Morgan fingerprint density at radius 1 is 1.00 bits per heavy atom. The summed E-state index contributed by atoms with van der Waals surface area (Å²) >= 11 is 0. The van der Waals surface area contributed by atoms with Crippen molar-refractivity contribution < 1.29 is 9.47 Å². The van der Waals surface area contributed by atoms with Crippen LogP contribution in [0.2, 0.25) is 0 Å². The Labute approximate surface area is 182 Å². The summed E-state index contributed by atoms with van der Waals surface area (Å²) in [7, 11) is 0. The van der Waals surface area contributed by atoms with Gasteiger partial charge in [0.1, 0.15) is 30.0 Å². The predicted molar refractivity (Wildman–Crippen MR) is 121 cm³/mol. The average molecular weight is 428 g/mol. The van der Waals surface area contributed by atoms with Crippen LogP contribution >= 0.6 is 0 Å². The van der Waals surface area contributed by atoms with Crippen molar-refractivity contribution in [3.8, 4) is 28.8 Å². The summed E-state index contributed by atoms with van der Waals surface area (Å²) in [4.78, 5) is 13.4. The zero-order chi connectivity index (χ0) is 22.2. The van der Waals surface area contributed by atoms with Gasteiger partial charge < -0.3 is 20.9 Å². The molecule has 0 fully saturated rings.